The molecule has 92 valence electrons. The van der Waals surface area contributed by atoms with Gasteiger partial charge in [0.05, 0.1) is 11.2 Å². The molecule has 1 fully saturated rings. The highest BCUT2D eigenvalue weighted by molar-refractivity contribution is 6.45. The summed E-state index contributed by atoms with van der Waals surface area (Å²) >= 11 is 0. The molecule has 0 aromatic rings. The van der Waals surface area contributed by atoms with E-state index in [1.54, 1.807) is 0 Å². The summed E-state index contributed by atoms with van der Waals surface area (Å²) in [6.45, 7) is 14.4. The standard InChI is InChI=1S/C8H17BO2.C2H6.CH5N/c1-6-9-10-7(2,3)8(4,5)11-9;2*1-2/h6H2,1-5H3;1-2H3;2H2,1H3. The molecule has 0 amide bonds. The maximum Gasteiger partial charge on any atom is 0.457 e. The molecular formula is C11H28BNO2. The van der Waals surface area contributed by atoms with Crippen molar-refractivity contribution >= 4 is 7.12 Å². The molecule has 4 heteroatoms. The van der Waals surface area contributed by atoms with Gasteiger partial charge in [0.15, 0.2) is 0 Å². The summed E-state index contributed by atoms with van der Waals surface area (Å²) in [5.41, 5.74) is 4.18. The predicted octanol–water partition coefficient (Wildman–Crippen LogP) is 2.70. The molecular weight excluding hydrogens is 189 g/mol. The van der Waals surface area contributed by atoms with Crippen LogP contribution in [0.2, 0.25) is 6.32 Å². The molecule has 0 atom stereocenters. The van der Waals surface area contributed by atoms with E-state index in [9.17, 15) is 0 Å². The number of rotatable bonds is 1. The van der Waals surface area contributed by atoms with Crippen LogP contribution in [0.1, 0.15) is 48.5 Å². The van der Waals surface area contributed by atoms with Crippen molar-refractivity contribution < 1.29 is 9.31 Å². The van der Waals surface area contributed by atoms with Gasteiger partial charge in [-0.25, -0.2) is 0 Å². The molecule has 0 aromatic heterocycles. The Labute approximate surface area is 95.9 Å². The second-order valence-corrected chi connectivity index (χ2v) is 4.09. The SMILES string of the molecule is CC.CCB1OC(C)(C)C(C)(C)O1.CN. The van der Waals surface area contributed by atoms with Crippen molar-refractivity contribution in [2.45, 2.75) is 66.0 Å². The van der Waals surface area contributed by atoms with Gasteiger partial charge in [0.1, 0.15) is 0 Å². The largest absolute Gasteiger partial charge is 0.457 e. The van der Waals surface area contributed by atoms with Crippen molar-refractivity contribution in [2.24, 2.45) is 5.73 Å². The topological polar surface area (TPSA) is 44.5 Å². The van der Waals surface area contributed by atoms with Gasteiger partial charge in [0.25, 0.3) is 0 Å². The Balaban J connectivity index is 0. The molecule has 0 spiro atoms. The van der Waals surface area contributed by atoms with E-state index in [0.29, 0.717) is 0 Å². The van der Waals surface area contributed by atoms with Gasteiger partial charge in [0, 0.05) is 0 Å². The van der Waals surface area contributed by atoms with E-state index in [2.05, 4.69) is 40.4 Å². The van der Waals surface area contributed by atoms with E-state index >= 15 is 0 Å². The Hall–Kier alpha value is -0.0551. The van der Waals surface area contributed by atoms with Crippen LogP contribution >= 0.6 is 0 Å². The molecule has 15 heavy (non-hydrogen) atoms. The fourth-order valence-electron chi connectivity index (χ4n) is 1.13. The fraction of sp³-hybridized carbons (Fsp3) is 1.00. The molecule has 0 radical (unpaired) electrons. The number of hydrogen-bond acceptors (Lipinski definition) is 3. The minimum Gasteiger partial charge on any atom is -0.403 e. The van der Waals surface area contributed by atoms with Crippen LogP contribution in [-0.4, -0.2) is 25.4 Å². The Morgan fingerprint density at radius 1 is 0.933 bits per heavy atom. The predicted molar refractivity (Wildman–Crippen MR) is 68.0 cm³/mol. The van der Waals surface area contributed by atoms with Gasteiger partial charge in [0.2, 0.25) is 0 Å². The van der Waals surface area contributed by atoms with Gasteiger partial charge in [-0.05, 0) is 41.1 Å². The normalized spacial score (nSPS) is 21.0. The van der Waals surface area contributed by atoms with Crippen molar-refractivity contribution in [3.05, 3.63) is 0 Å². The van der Waals surface area contributed by atoms with Crippen molar-refractivity contribution in [3.63, 3.8) is 0 Å². The lowest BCUT2D eigenvalue weighted by Gasteiger charge is -2.32. The van der Waals surface area contributed by atoms with Crippen molar-refractivity contribution in [1.29, 1.82) is 0 Å². The highest BCUT2D eigenvalue weighted by Crippen LogP contribution is 2.37. The summed E-state index contributed by atoms with van der Waals surface area (Å²) in [7, 11) is 1.49. The summed E-state index contributed by atoms with van der Waals surface area (Å²) in [6.07, 6.45) is 0.923. The zero-order valence-electron chi connectivity index (χ0n) is 11.7. The molecule has 3 nitrogen and oxygen atoms in total. The van der Waals surface area contributed by atoms with E-state index in [-0.39, 0.29) is 18.3 Å². The van der Waals surface area contributed by atoms with Crippen molar-refractivity contribution in [2.75, 3.05) is 7.05 Å². The molecule has 1 saturated heterocycles. The molecule has 1 aliphatic rings. The molecule has 2 N–H and O–H groups in total. The van der Waals surface area contributed by atoms with E-state index in [0.717, 1.165) is 6.32 Å². The quantitative estimate of drug-likeness (QED) is 0.687. The third-order valence-corrected chi connectivity index (χ3v) is 2.64. The summed E-state index contributed by atoms with van der Waals surface area (Å²) in [5, 5.41) is 0. The molecule has 0 aromatic carbocycles. The lowest BCUT2D eigenvalue weighted by molar-refractivity contribution is 0.00578. The van der Waals surface area contributed by atoms with Gasteiger partial charge in [-0.1, -0.05) is 20.8 Å². The van der Waals surface area contributed by atoms with Gasteiger partial charge < -0.3 is 15.0 Å². The zero-order valence-corrected chi connectivity index (χ0v) is 11.7. The van der Waals surface area contributed by atoms with Crippen LogP contribution in [0.25, 0.3) is 0 Å². The highest BCUT2D eigenvalue weighted by atomic mass is 16.7. The Bertz CT molecular complexity index is 145. The van der Waals surface area contributed by atoms with Crippen LogP contribution in [0.3, 0.4) is 0 Å². The molecule has 0 unspecified atom stereocenters. The fourth-order valence-corrected chi connectivity index (χ4v) is 1.13. The van der Waals surface area contributed by atoms with Gasteiger partial charge in [-0.2, -0.15) is 0 Å². The zero-order chi connectivity index (χ0) is 12.7. The molecule has 1 heterocycles. The minimum atomic E-state index is -0.159. The average Bonchev–Trinajstić information content (AvgIpc) is 2.42. The lowest BCUT2D eigenvalue weighted by atomic mass is 9.87. The van der Waals surface area contributed by atoms with E-state index in [1.807, 2.05) is 13.8 Å². The highest BCUT2D eigenvalue weighted by Gasteiger charge is 2.49. The van der Waals surface area contributed by atoms with E-state index in [4.69, 9.17) is 9.31 Å². The first-order chi connectivity index (χ1) is 6.89. The maximum atomic E-state index is 5.69. The number of nitrogens with two attached hydrogens (primary N) is 1. The van der Waals surface area contributed by atoms with Crippen molar-refractivity contribution in [1.82, 2.24) is 0 Å². The lowest BCUT2D eigenvalue weighted by Crippen LogP contribution is -2.41. The Morgan fingerprint density at radius 3 is 1.33 bits per heavy atom. The van der Waals surface area contributed by atoms with Crippen molar-refractivity contribution in [3.8, 4) is 0 Å². The van der Waals surface area contributed by atoms with E-state index in [1.165, 1.54) is 7.05 Å². The third-order valence-electron chi connectivity index (χ3n) is 2.64. The van der Waals surface area contributed by atoms with Crippen LogP contribution < -0.4 is 5.73 Å². The van der Waals surface area contributed by atoms with Crippen LogP contribution in [0.15, 0.2) is 0 Å². The molecule has 1 rings (SSSR count). The smallest absolute Gasteiger partial charge is 0.403 e. The third kappa shape index (κ3) is 4.54. The van der Waals surface area contributed by atoms with E-state index < -0.39 is 0 Å². The molecule has 0 bridgehead atoms. The van der Waals surface area contributed by atoms with Crippen LogP contribution in [0, 0.1) is 0 Å². The van der Waals surface area contributed by atoms with Gasteiger partial charge in [-0.15, -0.1) is 0 Å². The maximum absolute atomic E-state index is 5.69. The second kappa shape index (κ2) is 7.26. The van der Waals surface area contributed by atoms with Crippen LogP contribution in [-0.2, 0) is 9.31 Å². The molecule has 1 aliphatic heterocycles. The first-order valence-corrected chi connectivity index (χ1v) is 5.82. The Kier molecular flexibility index (Phi) is 8.39. The Morgan fingerprint density at radius 2 is 1.20 bits per heavy atom. The molecule has 0 saturated carbocycles. The van der Waals surface area contributed by atoms with Gasteiger partial charge >= 0.3 is 7.12 Å². The first-order valence-electron chi connectivity index (χ1n) is 5.82. The van der Waals surface area contributed by atoms with Gasteiger partial charge in [-0.3, -0.25) is 0 Å². The van der Waals surface area contributed by atoms with Crippen LogP contribution in [0.4, 0.5) is 0 Å². The molecule has 0 aliphatic carbocycles. The monoisotopic (exact) mass is 217 g/mol. The summed E-state index contributed by atoms with van der Waals surface area (Å²) in [6, 6.07) is 0. The second-order valence-electron chi connectivity index (χ2n) is 4.09. The minimum absolute atomic E-state index is 0.0139. The summed E-state index contributed by atoms with van der Waals surface area (Å²) in [5.74, 6) is 0. The first kappa shape index (κ1) is 17.3. The van der Waals surface area contributed by atoms with Crippen LogP contribution in [0.5, 0.6) is 0 Å². The number of hydrogen-bond donors (Lipinski definition) is 1. The average molecular weight is 217 g/mol. The summed E-state index contributed by atoms with van der Waals surface area (Å²) in [4.78, 5) is 0. The summed E-state index contributed by atoms with van der Waals surface area (Å²) < 4.78 is 11.4.